The van der Waals surface area contributed by atoms with E-state index < -0.39 is 0 Å². The second-order valence-electron chi connectivity index (χ2n) is 3.78. The SMILES string of the molecule is OCC(Nc1cccc(Cl)c1)C1CC1. The number of aliphatic hydroxyl groups excluding tert-OH is 1. The minimum atomic E-state index is 0.188. The molecule has 2 nitrogen and oxygen atoms in total. The molecule has 0 saturated heterocycles. The molecule has 2 rings (SSSR count). The van der Waals surface area contributed by atoms with Gasteiger partial charge in [-0.2, -0.15) is 0 Å². The van der Waals surface area contributed by atoms with Gasteiger partial charge in [-0.15, -0.1) is 0 Å². The van der Waals surface area contributed by atoms with Gasteiger partial charge in [-0.05, 0) is 37.0 Å². The molecule has 0 heterocycles. The standard InChI is InChI=1S/C11H14ClNO/c12-9-2-1-3-10(6-9)13-11(7-14)8-4-5-8/h1-3,6,8,11,13-14H,4-5,7H2. The number of hydrogen-bond acceptors (Lipinski definition) is 2. The lowest BCUT2D eigenvalue weighted by Crippen LogP contribution is -2.25. The highest BCUT2D eigenvalue weighted by Gasteiger charge is 2.30. The molecular weight excluding hydrogens is 198 g/mol. The van der Waals surface area contributed by atoms with E-state index in [4.69, 9.17) is 11.6 Å². The number of rotatable bonds is 4. The summed E-state index contributed by atoms with van der Waals surface area (Å²) in [6.45, 7) is 0.192. The van der Waals surface area contributed by atoms with E-state index in [9.17, 15) is 5.11 Å². The highest BCUT2D eigenvalue weighted by atomic mass is 35.5. The summed E-state index contributed by atoms with van der Waals surface area (Å²) in [5.41, 5.74) is 0.989. The normalized spacial score (nSPS) is 17.9. The van der Waals surface area contributed by atoms with Crippen molar-refractivity contribution < 1.29 is 5.11 Å². The van der Waals surface area contributed by atoms with Crippen LogP contribution in [0.1, 0.15) is 12.8 Å². The lowest BCUT2D eigenvalue weighted by atomic mass is 10.2. The van der Waals surface area contributed by atoms with Crippen LogP contribution in [-0.4, -0.2) is 17.8 Å². The molecule has 0 aromatic heterocycles. The van der Waals surface area contributed by atoms with E-state index in [0.717, 1.165) is 10.7 Å². The summed E-state index contributed by atoms with van der Waals surface area (Å²) in [6.07, 6.45) is 2.44. The maximum Gasteiger partial charge on any atom is 0.0635 e. The molecule has 76 valence electrons. The van der Waals surface area contributed by atoms with E-state index >= 15 is 0 Å². The summed E-state index contributed by atoms with van der Waals surface area (Å²) in [5.74, 6) is 0.638. The Bertz CT molecular complexity index is 312. The summed E-state index contributed by atoms with van der Waals surface area (Å²) >= 11 is 5.86. The molecule has 2 N–H and O–H groups in total. The maximum absolute atomic E-state index is 9.17. The molecule has 0 amide bonds. The Morgan fingerprint density at radius 3 is 2.86 bits per heavy atom. The molecule has 1 aromatic carbocycles. The summed E-state index contributed by atoms with van der Waals surface area (Å²) in [7, 11) is 0. The van der Waals surface area contributed by atoms with Gasteiger partial charge in [-0.1, -0.05) is 17.7 Å². The van der Waals surface area contributed by atoms with Crippen molar-refractivity contribution in [2.45, 2.75) is 18.9 Å². The fourth-order valence-corrected chi connectivity index (χ4v) is 1.79. The van der Waals surface area contributed by atoms with Gasteiger partial charge in [-0.3, -0.25) is 0 Å². The monoisotopic (exact) mass is 211 g/mol. The highest BCUT2D eigenvalue weighted by Crippen LogP contribution is 2.34. The van der Waals surface area contributed by atoms with E-state index in [0.29, 0.717) is 5.92 Å². The van der Waals surface area contributed by atoms with Crippen molar-refractivity contribution in [1.29, 1.82) is 0 Å². The van der Waals surface area contributed by atoms with Gasteiger partial charge in [-0.25, -0.2) is 0 Å². The van der Waals surface area contributed by atoms with Gasteiger partial charge in [0, 0.05) is 10.7 Å². The molecule has 1 aliphatic rings. The molecule has 14 heavy (non-hydrogen) atoms. The van der Waals surface area contributed by atoms with Crippen LogP contribution in [0.3, 0.4) is 0 Å². The molecule has 0 radical (unpaired) electrons. The Morgan fingerprint density at radius 2 is 2.29 bits per heavy atom. The quantitative estimate of drug-likeness (QED) is 0.802. The van der Waals surface area contributed by atoms with E-state index in [1.165, 1.54) is 12.8 Å². The molecule has 0 bridgehead atoms. The minimum Gasteiger partial charge on any atom is -0.394 e. The Balaban J connectivity index is 2.01. The second-order valence-corrected chi connectivity index (χ2v) is 4.22. The van der Waals surface area contributed by atoms with Gasteiger partial charge in [0.1, 0.15) is 0 Å². The van der Waals surface area contributed by atoms with E-state index in [-0.39, 0.29) is 12.6 Å². The number of anilines is 1. The van der Waals surface area contributed by atoms with Crippen LogP contribution in [0.15, 0.2) is 24.3 Å². The summed E-state index contributed by atoms with van der Waals surface area (Å²) in [5, 5.41) is 13.2. The number of nitrogens with one attached hydrogen (secondary N) is 1. The Labute approximate surface area is 88.9 Å². The van der Waals surface area contributed by atoms with Crippen LogP contribution in [0.25, 0.3) is 0 Å². The van der Waals surface area contributed by atoms with Gasteiger partial charge in [0.2, 0.25) is 0 Å². The molecule has 1 saturated carbocycles. The maximum atomic E-state index is 9.17. The first-order valence-corrected chi connectivity index (χ1v) is 5.30. The minimum absolute atomic E-state index is 0.188. The van der Waals surface area contributed by atoms with Crippen molar-refractivity contribution >= 4 is 17.3 Å². The lowest BCUT2D eigenvalue weighted by Gasteiger charge is -2.16. The fourth-order valence-electron chi connectivity index (χ4n) is 1.60. The Morgan fingerprint density at radius 1 is 1.50 bits per heavy atom. The van der Waals surface area contributed by atoms with Crippen molar-refractivity contribution in [3.63, 3.8) is 0 Å². The van der Waals surface area contributed by atoms with Crippen LogP contribution >= 0.6 is 11.6 Å². The predicted octanol–water partition coefficient (Wildman–Crippen LogP) is 2.52. The number of aliphatic hydroxyl groups is 1. The van der Waals surface area contributed by atoms with E-state index in [1.54, 1.807) is 0 Å². The van der Waals surface area contributed by atoms with Gasteiger partial charge < -0.3 is 10.4 Å². The zero-order chi connectivity index (χ0) is 9.97. The van der Waals surface area contributed by atoms with Crippen LogP contribution in [0.2, 0.25) is 5.02 Å². The Kier molecular flexibility index (Phi) is 2.94. The van der Waals surface area contributed by atoms with Crippen molar-refractivity contribution in [1.82, 2.24) is 0 Å². The van der Waals surface area contributed by atoms with Crippen molar-refractivity contribution in [2.75, 3.05) is 11.9 Å². The average Bonchev–Trinajstić information content (AvgIpc) is 2.97. The largest absolute Gasteiger partial charge is 0.394 e. The van der Waals surface area contributed by atoms with E-state index in [2.05, 4.69) is 5.32 Å². The molecule has 0 spiro atoms. The predicted molar refractivity (Wildman–Crippen MR) is 58.7 cm³/mol. The van der Waals surface area contributed by atoms with Gasteiger partial charge in [0.15, 0.2) is 0 Å². The molecule has 3 heteroatoms. The molecule has 1 atom stereocenters. The third-order valence-electron chi connectivity index (χ3n) is 2.56. The van der Waals surface area contributed by atoms with Crippen LogP contribution in [-0.2, 0) is 0 Å². The zero-order valence-electron chi connectivity index (χ0n) is 7.91. The molecule has 1 aromatic rings. The lowest BCUT2D eigenvalue weighted by molar-refractivity contribution is 0.263. The van der Waals surface area contributed by atoms with Gasteiger partial charge in [0.25, 0.3) is 0 Å². The second kappa shape index (κ2) is 4.20. The van der Waals surface area contributed by atoms with E-state index in [1.807, 2.05) is 24.3 Å². The number of halogens is 1. The first-order valence-electron chi connectivity index (χ1n) is 4.92. The molecule has 1 fully saturated rings. The summed E-state index contributed by atoms with van der Waals surface area (Å²) in [6, 6.07) is 7.79. The van der Waals surface area contributed by atoms with Crippen molar-refractivity contribution in [3.05, 3.63) is 29.3 Å². The Hall–Kier alpha value is -0.730. The van der Waals surface area contributed by atoms with Crippen LogP contribution in [0.5, 0.6) is 0 Å². The van der Waals surface area contributed by atoms with Crippen molar-refractivity contribution in [3.8, 4) is 0 Å². The first-order chi connectivity index (χ1) is 6.79. The average molecular weight is 212 g/mol. The van der Waals surface area contributed by atoms with Gasteiger partial charge in [0.05, 0.1) is 12.6 Å². The first kappa shape index (κ1) is 9.81. The highest BCUT2D eigenvalue weighted by molar-refractivity contribution is 6.30. The van der Waals surface area contributed by atoms with Crippen LogP contribution in [0, 0.1) is 5.92 Å². The third-order valence-corrected chi connectivity index (χ3v) is 2.80. The summed E-state index contributed by atoms with van der Waals surface area (Å²) in [4.78, 5) is 0. The fraction of sp³-hybridized carbons (Fsp3) is 0.455. The summed E-state index contributed by atoms with van der Waals surface area (Å²) < 4.78 is 0. The topological polar surface area (TPSA) is 32.3 Å². The zero-order valence-corrected chi connectivity index (χ0v) is 8.67. The van der Waals surface area contributed by atoms with Crippen LogP contribution in [0.4, 0.5) is 5.69 Å². The van der Waals surface area contributed by atoms with Crippen LogP contribution < -0.4 is 5.32 Å². The molecular formula is C11H14ClNO. The molecule has 1 aliphatic carbocycles. The number of hydrogen-bond donors (Lipinski definition) is 2. The molecule has 0 aliphatic heterocycles. The smallest absolute Gasteiger partial charge is 0.0635 e. The van der Waals surface area contributed by atoms with Crippen molar-refractivity contribution in [2.24, 2.45) is 5.92 Å². The number of benzene rings is 1. The molecule has 1 unspecified atom stereocenters. The van der Waals surface area contributed by atoms with Gasteiger partial charge >= 0.3 is 0 Å². The third kappa shape index (κ3) is 2.40.